The van der Waals surface area contributed by atoms with Crippen molar-refractivity contribution in [3.63, 3.8) is 0 Å². The summed E-state index contributed by atoms with van der Waals surface area (Å²) in [7, 11) is 0. The number of aromatic nitrogens is 4. The monoisotopic (exact) mass is 514 g/mol. The number of nitrogens with zero attached hydrogens (tertiary/aromatic N) is 4. The van der Waals surface area contributed by atoms with Crippen molar-refractivity contribution < 1.29 is 20.1 Å². The first kappa shape index (κ1) is 25.2. The maximum Gasteiger partial charge on any atom is 0.224 e. The standard InChI is InChI=1S/C25H34N6O4S/c1-12-18(23-30-19-13(2)26-8-7-17(19)36-23)22(31-24(28-12)27-11-14-6-5-9-35-14)29-16-10-15(25(3,4)34)20(32)21(16)33/h7-8,14-16,20-21,32-34H,5-6,9-11H2,1-4H3,(H2,27,28,29,31)/t14-,15-,16+,20+,21-/m0/s1. The van der Waals surface area contributed by atoms with E-state index in [2.05, 4.69) is 15.6 Å². The van der Waals surface area contributed by atoms with Crippen LogP contribution in [0.2, 0.25) is 0 Å². The highest BCUT2D eigenvalue weighted by molar-refractivity contribution is 7.21. The van der Waals surface area contributed by atoms with Crippen molar-refractivity contribution in [2.75, 3.05) is 23.8 Å². The zero-order chi connectivity index (χ0) is 25.6. The van der Waals surface area contributed by atoms with E-state index in [-0.39, 0.29) is 6.10 Å². The molecule has 0 amide bonds. The maximum atomic E-state index is 10.8. The third kappa shape index (κ3) is 4.90. The fourth-order valence-electron chi connectivity index (χ4n) is 5.17. The zero-order valence-corrected chi connectivity index (χ0v) is 21.8. The molecule has 11 heteroatoms. The molecular formula is C25H34N6O4S. The van der Waals surface area contributed by atoms with Gasteiger partial charge in [-0.2, -0.15) is 4.98 Å². The van der Waals surface area contributed by atoms with Crippen LogP contribution in [0.5, 0.6) is 0 Å². The zero-order valence-electron chi connectivity index (χ0n) is 21.0. The summed E-state index contributed by atoms with van der Waals surface area (Å²) in [6.45, 7) is 8.53. The molecule has 1 saturated carbocycles. The van der Waals surface area contributed by atoms with Crippen molar-refractivity contribution in [1.82, 2.24) is 19.9 Å². The Kier molecular flexibility index (Phi) is 6.86. The number of hydrogen-bond acceptors (Lipinski definition) is 11. The maximum absolute atomic E-state index is 10.8. The van der Waals surface area contributed by atoms with Gasteiger partial charge in [0.2, 0.25) is 5.95 Å². The topological polar surface area (TPSA) is 146 Å². The first-order valence-corrected chi connectivity index (χ1v) is 13.2. The SMILES string of the molecule is Cc1nc(NC[C@@H]2CCCO2)nc(N[C@@H]2C[C@H](C(C)(C)O)[C@@H](O)[C@H]2O)c1-c1nc2c(C)nccc2s1. The molecule has 1 aliphatic carbocycles. The Labute approximate surface area is 214 Å². The molecule has 1 saturated heterocycles. The Hall–Kier alpha value is -2.44. The highest BCUT2D eigenvalue weighted by Gasteiger charge is 2.48. The Morgan fingerprint density at radius 2 is 1.94 bits per heavy atom. The molecule has 2 aliphatic rings. The normalized spacial score (nSPS) is 26.6. The summed E-state index contributed by atoms with van der Waals surface area (Å²) in [5.74, 6) is 0.500. The Morgan fingerprint density at radius 3 is 2.61 bits per heavy atom. The summed E-state index contributed by atoms with van der Waals surface area (Å²) in [5, 5.41) is 39.4. The van der Waals surface area contributed by atoms with Crippen LogP contribution in [-0.4, -0.2) is 78.4 Å². The van der Waals surface area contributed by atoms with E-state index in [0.717, 1.165) is 51.6 Å². The number of hydrogen-bond donors (Lipinski definition) is 5. The summed E-state index contributed by atoms with van der Waals surface area (Å²) in [6.07, 6.45) is 2.22. The van der Waals surface area contributed by atoms with E-state index in [0.29, 0.717) is 24.7 Å². The molecule has 0 spiro atoms. The van der Waals surface area contributed by atoms with Crippen molar-refractivity contribution in [1.29, 1.82) is 0 Å². The van der Waals surface area contributed by atoms with Crippen LogP contribution in [0.4, 0.5) is 11.8 Å². The number of rotatable bonds is 7. The van der Waals surface area contributed by atoms with Crippen LogP contribution in [-0.2, 0) is 4.74 Å². The van der Waals surface area contributed by atoms with Crippen LogP contribution in [0, 0.1) is 19.8 Å². The number of pyridine rings is 1. The smallest absolute Gasteiger partial charge is 0.224 e. The van der Waals surface area contributed by atoms with E-state index in [4.69, 9.17) is 19.7 Å². The number of aliphatic hydroxyl groups excluding tert-OH is 2. The molecule has 5 atom stereocenters. The number of aryl methyl sites for hydroxylation is 2. The quantitative estimate of drug-likeness (QED) is 0.319. The molecule has 1 aliphatic heterocycles. The molecule has 0 bridgehead atoms. The number of ether oxygens (including phenoxy) is 1. The molecule has 0 unspecified atom stereocenters. The highest BCUT2D eigenvalue weighted by atomic mass is 32.1. The molecule has 4 heterocycles. The van der Waals surface area contributed by atoms with Crippen molar-refractivity contribution in [2.45, 2.75) is 76.9 Å². The van der Waals surface area contributed by atoms with Crippen molar-refractivity contribution in [3.05, 3.63) is 23.7 Å². The van der Waals surface area contributed by atoms with E-state index in [9.17, 15) is 15.3 Å². The number of thiazole rings is 1. The summed E-state index contributed by atoms with van der Waals surface area (Å²) in [4.78, 5) is 18.7. The van der Waals surface area contributed by atoms with Gasteiger partial charge in [-0.3, -0.25) is 4.98 Å². The van der Waals surface area contributed by atoms with Crippen LogP contribution in [0.3, 0.4) is 0 Å². The number of anilines is 2. The van der Waals surface area contributed by atoms with Crippen molar-refractivity contribution in [2.24, 2.45) is 5.92 Å². The first-order valence-electron chi connectivity index (χ1n) is 12.4. The Bertz CT molecular complexity index is 1240. The highest BCUT2D eigenvalue weighted by Crippen LogP contribution is 2.40. The minimum absolute atomic E-state index is 0.129. The van der Waals surface area contributed by atoms with Gasteiger partial charge in [-0.25, -0.2) is 9.97 Å². The second-order valence-corrected chi connectivity index (χ2v) is 11.4. The average Bonchev–Trinajstić information content (AvgIpc) is 3.54. The van der Waals surface area contributed by atoms with Gasteiger partial charge in [-0.1, -0.05) is 0 Å². The van der Waals surface area contributed by atoms with Crippen LogP contribution >= 0.6 is 11.3 Å². The van der Waals surface area contributed by atoms with Crippen LogP contribution in [0.15, 0.2) is 12.3 Å². The van der Waals surface area contributed by atoms with Gasteiger partial charge in [0, 0.05) is 25.3 Å². The minimum atomic E-state index is -1.13. The van der Waals surface area contributed by atoms with Crippen molar-refractivity contribution >= 4 is 33.3 Å². The Balaban J connectivity index is 1.51. The lowest BCUT2D eigenvalue weighted by atomic mass is 9.88. The van der Waals surface area contributed by atoms with E-state index in [1.807, 2.05) is 19.9 Å². The second-order valence-electron chi connectivity index (χ2n) is 10.4. The molecule has 3 aromatic rings. The molecule has 5 rings (SSSR count). The molecule has 5 N–H and O–H groups in total. The van der Waals surface area contributed by atoms with Crippen LogP contribution in [0.25, 0.3) is 20.8 Å². The van der Waals surface area contributed by atoms with Gasteiger partial charge < -0.3 is 30.7 Å². The van der Waals surface area contributed by atoms with E-state index in [1.165, 1.54) is 11.3 Å². The van der Waals surface area contributed by atoms with Gasteiger partial charge in [0.1, 0.15) is 22.4 Å². The van der Waals surface area contributed by atoms with Gasteiger partial charge in [-0.05, 0) is 53.0 Å². The van der Waals surface area contributed by atoms with Gasteiger partial charge in [0.25, 0.3) is 0 Å². The third-order valence-corrected chi connectivity index (χ3v) is 8.26. The molecule has 0 radical (unpaired) electrons. The van der Waals surface area contributed by atoms with E-state index >= 15 is 0 Å². The molecule has 36 heavy (non-hydrogen) atoms. The Morgan fingerprint density at radius 1 is 1.14 bits per heavy atom. The fourth-order valence-corrected chi connectivity index (χ4v) is 6.28. The predicted molar refractivity (Wildman–Crippen MR) is 139 cm³/mol. The summed E-state index contributed by atoms with van der Waals surface area (Å²) >= 11 is 1.53. The summed E-state index contributed by atoms with van der Waals surface area (Å²) < 4.78 is 6.73. The number of nitrogens with one attached hydrogen (secondary N) is 2. The van der Waals surface area contributed by atoms with Crippen LogP contribution < -0.4 is 10.6 Å². The summed E-state index contributed by atoms with van der Waals surface area (Å²) in [6, 6.07) is 1.43. The number of fused-ring (bicyclic) bond motifs is 1. The van der Waals surface area contributed by atoms with E-state index in [1.54, 1.807) is 20.0 Å². The largest absolute Gasteiger partial charge is 0.390 e. The first-order chi connectivity index (χ1) is 17.1. The molecule has 194 valence electrons. The summed E-state index contributed by atoms with van der Waals surface area (Å²) in [5.41, 5.74) is 2.03. The molecule has 10 nitrogen and oxygen atoms in total. The van der Waals surface area contributed by atoms with Gasteiger partial charge >= 0.3 is 0 Å². The molecule has 0 aromatic carbocycles. The minimum Gasteiger partial charge on any atom is -0.390 e. The predicted octanol–water partition coefficient (Wildman–Crippen LogP) is 2.65. The number of aliphatic hydroxyl groups is 3. The van der Waals surface area contributed by atoms with Gasteiger partial charge in [0.15, 0.2) is 0 Å². The lowest BCUT2D eigenvalue weighted by molar-refractivity contribution is -0.0601. The molecular weight excluding hydrogens is 480 g/mol. The fraction of sp³-hybridized carbons (Fsp3) is 0.600. The van der Waals surface area contributed by atoms with Crippen molar-refractivity contribution in [3.8, 4) is 10.6 Å². The van der Waals surface area contributed by atoms with Gasteiger partial charge in [0.05, 0.1) is 45.5 Å². The van der Waals surface area contributed by atoms with E-state index < -0.39 is 29.8 Å². The molecule has 2 fully saturated rings. The average molecular weight is 515 g/mol. The van der Waals surface area contributed by atoms with Gasteiger partial charge in [-0.15, -0.1) is 11.3 Å². The second kappa shape index (κ2) is 9.79. The van der Waals surface area contributed by atoms with Crippen LogP contribution in [0.1, 0.15) is 44.5 Å². The third-order valence-electron chi connectivity index (χ3n) is 7.22. The lowest BCUT2D eigenvalue weighted by Gasteiger charge is -2.28. The lowest BCUT2D eigenvalue weighted by Crippen LogP contribution is -2.40. The molecule has 3 aromatic heterocycles.